The van der Waals surface area contributed by atoms with E-state index in [0.717, 1.165) is 16.6 Å². The molecule has 1 aliphatic heterocycles. The van der Waals surface area contributed by atoms with Crippen molar-refractivity contribution in [2.75, 3.05) is 17.6 Å². The first-order valence-electron chi connectivity index (χ1n) is 5.90. The molecule has 0 bridgehead atoms. The number of pyridine rings is 1. The Morgan fingerprint density at radius 1 is 1.39 bits per heavy atom. The lowest BCUT2D eigenvalue weighted by Gasteiger charge is -2.16. The van der Waals surface area contributed by atoms with Crippen molar-refractivity contribution < 1.29 is 4.79 Å². The molecule has 3 rings (SSSR count). The SMILES string of the molecule is Nc1cnc2ccccc2c1NC1CNC(=O)C1. The molecular formula is C13H14N4O. The molecule has 2 heterocycles. The van der Waals surface area contributed by atoms with Gasteiger partial charge >= 0.3 is 0 Å². The van der Waals surface area contributed by atoms with E-state index in [1.807, 2.05) is 24.3 Å². The molecule has 2 aromatic rings. The zero-order chi connectivity index (χ0) is 12.5. The van der Waals surface area contributed by atoms with Crippen LogP contribution in [0.15, 0.2) is 30.5 Å². The summed E-state index contributed by atoms with van der Waals surface area (Å²) in [6, 6.07) is 7.90. The molecule has 1 saturated heterocycles. The van der Waals surface area contributed by atoms with Gasteiger partial charge < -0.3 is 16.4 Å². The average Bonchev–Trinajstić information content (AvgIpc) is 2.79. The van der Waals surface area contributed by atoms with E-state index in [1.165, 1.54) is 0 Å². The number of rotatable bonds is 2. The van der Waals surface area contributed by atoms with E-state index in [-0.39, 0.29) is 11.9 Å². The molecule has 1 unspecified atom stereocenters. The summed E-state index contributed by atoms with van der Waals surface area (Å²) >= 11 is 0. The molecule has 1 atom stereocenters. The molecule has 1 aliphatic rings. The molecule has 0 aliphatic carbocycles. The maximum absolute atomic E-state index is 11.2. The maximum atomic E-state index is 11.2. The van der Waals surface area contributed by atoms with E-state index in [1.54, 1.807) is 6.20 Å². The standard InChI is InChI=1S/C13H14N4O/c14-10-7-15-11-4-2-1-3-9(11)13(10)17-8-5-12(18)16-6-8/h1-4,7-8H,5-6,14H2,(H,15,17)(H,16,18). The lowest BCUT2D eigenvalue weighted by atomic mass is 10.1. The molecule has 0 spiro atoms. The van der Waals surface area contributed by atoms with Crippen molar-refractivity contribution in [2.24, 2.45) is 0 Å². The smallest absolute Gasteiger partial charge is 0.222 e. The van der Waals surface area contributed by atoms with Gasteiger partial charge in [-0.2, -0.15) is 0 Å². The van der Waals surface area contributed by atoms with Gasteiger partial charge in [0.05, 0.1) is 29.1 Å². The van der Waals surface area contributed by atoms with Crippen molar-refractivity contribution in [1.82, 2.24) is 10.3 Å². The van der Waals surface area contributed by atoms with Crippen molar-refractivity contribution in [1.29, 1.82) is 0 Å². The third-order valence-electron chi connectivity index (χ3n) is 3.13. The molecule has 0 radical (unpaired) electrons. The summed E-state index contributed by atoms with van der Waals surface area (Å²) in [6.45, 7) is 0.634. The van der Waals surface area contributed by atoms with Crippen molar-refractivity contribution >= 4 is 28.2 Å². The van der Waals surface area contributed by atoms with Crippen LogP contribution in [-0.4, -0.2) is 23.5 Å². The summed E-state index contributed by atoms with van der Waals surface area (Å²) in [5, 5.41) is 7.12. The van der Waals surface area contributed by atoms with Gasteiger partial charge in [-0.25, -0.2) is 0 Å². The molecule has 1 aromatic heterocycles. The molecule has 5 nitrogen and oxygen atoms in total. The van der Waals surface area contributed by atoms with Crippen molar-refractivity contribution in [3.05, 3.63) is 30.5 Å². The first kappa shape index (κ1) is 10.8. The fourth-order valence-corrected chi connectivity index (χ4v) is 2.23. The molecule has 1 amide bonds. The monoisotopic (exact) mass is 242 g/mol. The number of amides is 1. The molecule has 92 valence electrons. The normalized spacial score (nSPS) is 18.9. The Hall–Kier alpha value is -2.30. The van der Waals surface area contributed by atoms with Gasteiger partial charge in [-0.05, 0) is 6.07 Å². The zero-order valence-electron chi connectivity index (χ0n) is 9.81. The van der Waals surface area contributed by atoms with E-state index in [9.17, 15) is 4.79 Å². The number of nitrogens with two attached hydrogens (primary N) is 1. The Morgan fingerprint density at radius 2 is 2.22 bits per heavy atom. The lowest BCUT2D eigenvalue weighted by molar-refractivity contribution is -0.119. The third-order valence-corrected chi connectivity index (χ3v) is 3.13. The number of hydrogen-bond acceptors (Lipinski definition) is 4. The van der Waals surface area contributed by atoms with Gasteiger partial charge in [0.1, 0.15) is 0 Å². The van der Waals surface area contributed by atoms with Gasteiger partial charge in [0, 0.05) is 18.4 Å². The summed E-state index contributed by atoms with van der Waals surface area (Å²) in [7, 11) is 0. The predicted octanol–water partition coefficient (Wildman–Crippen LogP) is 1.12. The fraction of sp³-hybridized carbons (Fsp3) is 0.231. The highest BCUT2D eigenvalue weighted by atomic mass is 16.1. The molecule has 18 heavy (non-hydrogen) atoms. The number of anilines is 2. The number of fused-ring (bicyclic) bond motifs is 1. The summed E-state index contributed by atoms with van der Waals surface area (Å²) < 4.78 is 0. The van der Waals surface area contributed by atoms with Crippen LogP contribution in [0.25, 0.3) is 10.9 Å². The van der Waals surface area contributed by atoms with E-state index < -0.39 is 0 Å². The minimum Gasteiger partial charge on any atom is -0.396 e. The highest BCUT2D eigenvalue weighted by Crippen LogP contribution is 2.28. The second kappa shape index (κ2) is 4.18. The average molecular weight is 242 g/mol. The second-order valence-corrected chi connectivity index (χ2v) is 4.46. The molecular weight excluding hydrogens is 228 g/mol. The van der Waals surface area contributed by atoms with Crippen molar-refractivity contribution in [2.45, 2.75) is 12.5 Å². The number of benzene rings is 1. The van der Waals surface area contributed by atoms with E-state index in [0.29, 0.717) is 18.7 Å². The summed E-state index contributed by atoms with van der Waals surface area (Å²) in [5.41, 5.74) is 8.33. The Labute approximate surface area is 104 Å². The number of nitrogen functional groups attached to an aromatic ring is 1. The van der Waals surface area contributed by atoms with Gasteiger partial charge in [0.25, 0.3) is 0 Å². The van der Waals surface area contributed by atoms with Crippen molar-refractivity contribution in [3.8, 4) is 0 Å². The molecule has 5 heteroatoms. The number of nitrogens with zero attached hydrogens (tertiary/aromatic N) is 1. The Kier molecular flexibility index (Phi) is 2.51. The van der Waals surface area contributed by atoms with E-state index in [4.69, 9.17) is 5.73 Å². The van der Waals surface area contributed by atoms with Crippen LogP contribution in [-0.2, 0) is 4.79 Å². The minimum atomic E-state index is 0.0735. The summed E-state index contributed by atoms with van der Waals surface area (Å²) in [4.78, 5) is 15.5. The topological polar surface area (TPSA) is 80.0 Å². The van der Waals surface area contributed by atoms with Crippen LogP contribution in [0.2, 0.25) is 0 Å². The minimum absolute atomic E-state index is 0.0735. The van der Waals surface area contributed by atoms with Crippen LogP contribution in [0, 0.1) is 0 Å². The van der Waals surface area contributed by atoms with Gasteiger partial charge in [0.15, 0.2) is 0 Å². The van der Waals surface area contributed by atoms with Gasteiger partial charge in [0.2, 0.25) is 5.91 Å². The highest BCUT2D eigenvalue weighted by Gasteiger charge is 2.22. The highest BCUT2D eigenvalue weighted by molar-refractivity contribution is 5.97. The molecule has 1 fully saturated rings. The quantitative estimate of drug-likeness (QED) is 0.737. The molecule has 0 saturated carbocycles. The third kappa shape index (κ3) is 1.84. The fourth-order valence-electron chi connectivity index (χ4n) is 2.23. The number of carbonyl (C=O) groups is 1. The first-order chi connectivity index (χ1) is 8.74. The second-order valence-electron chi connectivity index (χ2n) is 4.46. The van der Waals surface area contributed by atoms with Crippen LogP contribution >= 0.6 is 0 Å². The first-order valence-corrected chi connectivity index (χ1v) is 5.90. The van der Waals surface area contributed by atoms with E-state index in [2.05, 4.69) is 15.6 Å². The Bertz CT molecular complexity index is 611. The van der Waals surface area contributed by atoms with Crippen LogP contribution in [0.1, 0.15) is 6.42 Å². The predicted molar refractivity (Wildman–Crippen MR) is 71.2 cm³/mol. The Balaban J connectivity index is 1.99. The number of nitrogens with one attached hydrogen (secondary N) is 2. The zero-order valence-corrected chi connectivity index (χ0v) is 9.81. The van der Waals surface area contributed by atoms with Crippen molar-refractivity contribution in [3.63, 3.8) is 0 Å². The number of para-hydroxylation sites is 1. The maximum Gasteiger partial charge on any atom is 0.222 e. The lowest BCUT2D eigenvalue weighted by Crippen LogP contribution is -2.23. The van der Waals surface area contributed by atoms with Gasteiger partial charge in [-0.3, -0.25) is 9.78 Å². The number of hydrogen-bond donors (Lipinski definition) is 3. The van der Waals surface area contributed by atoms with E-state index >= 15 is 0 Å². The van der Waals surface area contributed by atoms with Crippen LogP contribution in [0.3, 0.4) is 0 Å². The summed E-state index contributed by atoms with van der Waals surface area (Å²) in [6.07, 6.45) is 2.13. The van der Waals surface area contributed by atoms with Gasteiger partial charge in [-0.15, -0.1) is 0 Å². The Morgan fingerprint density at radius 3 is 3.00 bits per heavy atom. The molecule has 1 aromatic carbocycles. The van der Waals surface area contributed by atoms with Crippen LogP contribution in [0.4, 0.5) is 11.4 Å². The number of carbonyl (C=O) groups excluding carboxylic acids is 1. The van der Waals surface area contributed by atoms with Crippen LogP contribution < -0.4 is 16.4 Å². The number of aromatic nitrogens is 1. The largest absolute Gasteiger partial charge is 0.396 e. The van der Waals surface area contributed by atoms with Gasteiger partial charge in [-0.1, -0.05) is 18.2 Å². The van der Waals surface area contributed by atoms with Crippen LogP contribution in [0.5, 0.6) is 0 Å². The molecule has 4 N–H and O–H groups in total. The summed E-state index contributed by atoms with van der Waals surface area (Å²) in [5.74, 6) is 0.0735.